The number of halogens is 1. The van der Waals surface area contributed by atoms with Crippen molar-refractivity contribution in [2.24, 2.45) is 0 Å². The average Bonchev–Trinajstić information content (AvgIpc) is 2.83. The molecule has 2 fully saturated rings. The van der Waals surface area contributed by atoms with E-state index in [1.165, 1.54) is 24.3 Å². The van der Waals surface area contributed by atoms with Crippen molar-refractivity contribution in [1.29, 1.82) is 0 Å². The number of hydrogen-bond donors (Lipinski definition) is 0. The number of amides is 1. The Bertz CT molecular complexity index is 1210. The fourth-order valence-corrected chi connectivity index (χ4v) is 5.01. The first-order chi connectivity index (χ1) is 16.1. The molecule has 0 spiro atoms. The van der Waals surface area contributed by atoms with Crippen LogP contribution < -0.4 is 9.80 Å². The van der Waals surface area contributed by atoms with Crippen LogP contribution >= 0.6 is 11.6 Å². The Balaban J connectivity index is 1.55. The lowest BCUT2D eigenvalue weighted by atomic mass is 10.1. The van der Waals surface area contributed by atoms with E-state index >= 15 is 0 Å². The molecule has 2 aromatic carbocycles. The molecule has 0 saturated carbocycles. The zero-order chi connectivity index (χ0) is 24.5. The Morgan fingerprint density at radius 3 is 2.29 bits per heavy atom. The second kappa shape index (κ2) is 9.77. The van der Waals surface area contributed by atoms with Crippen LogP contribution in [0, 0.1) is 10.1 Å². The lowest BCUT2D eigenvalue weighted by Crippen LogP contribution is -2.49. The smallest absolute Gasteiger partial charge is 0.289 e. The van der Waals surface area contributed by atoms with Gasteiger partial charge in [-0.15, -0.1) is 0 Å². The Hall–Kier alpha value is -2.89. The number of morpholine rings is 1. The van der Waals surface area contributed by atoms with E-state index in [4.69, 9.17) is 16.3 Å². The van der Waals surface area contributed by atoms with Crippen LogP contribution in [0.25, 0.3) is 0 Å². The molecule has 182 valence electrons. The highest BCUT2D eigenvalue weighted by Crippen LogP contribution is 2.31. The van der Waals surface area contributed by atoms with Gasteiger partial charge >= 0.3 is 0 Å². The summed E-state index contributed by atoms with van der Waals surface area (Å²) in [6.45, 7) is 4.03. The number of piperazine rings is 1. The van der Waals surface area contributed by atoms with Crippen molar-refractivity contribution in [1.82, 2.24) is 4.90 Å². The number of rotatable bonds is 5. The van der Waals surface area contributed by atoms with Crippen LogP contribution in [0.3, 0.4) is 0 Å². The minimum absolute atomic E-state index is 0.0731. The molecule has 0 unspecified atom stereocenters. The maximum atomic E-state index is 13.5. The van der Waals surface area contributed by atoms with Gasteiger partial charge in [0.05, 0.1) is 28.6 Å². The van der Waals surface area contributed by atoms with Gasteiger partial charge in [-0.2, -0.15) is 0 Å². The van der Waals surface area contributed by atoms with Crippen LogP contribution in [0.5, 0.6) is 0 Å². The van der Waals surface area contributed by atoms with Gasteiger partial charge < -0.3 is 19.4 Å². The van der Waals surface area contributed by atoms with Gasteiger partial charge in [-0.05, 0) is 30.3 Å². The number of nitrogens with zero attached hydrogens (tertiary/aromatic N) is 4. The summed E-state index contributed by atoms with van der Waals surface area (Å²) < 4.78 is 29.7. The number of sulfone groups is 1. The quantitative estimate of drug-likeness (QED) is 0.447. The van der Waals surface area contributed by atoms with Gasteiger partial charge in [0.2, 0.25) is 0 Å². The molecule has 34 heavy (non-hydrogen) atoms. The number of anilines is 2. The number of hydrogen-bond acceptors (Lipinski definition) is 8. The maximum absolute atomic E-state index is 13.5. The summed E-state index contributed by atoms with van der Waals surface area (Å²) in [7, 11) is -3.48. The number of carbonyl (C=O) groups is 1. The van der Waals surface area contributed by atoms with Crippen molar-refractivity contribution in [2.75, 3.05) is 68.5 Å². The van der Waals surface area contributed by atoms with Gasteiger partial charge in [-0.1, -0.05) is 11.6 Å². The topological polar surface area (TPSA) is 113 Å². The normalized spacial score (nSPS) is 17.1. The van der Waals surface area contributed by atoms with Gasteiger partial charge in [0.1, 0.15) is 5.02 Å². The Labute approximate surface area is 202 Å². The molecule has 0 bridgehead atoms. The highest BCUT2D eigenvalue weighted by atomic mass is 35.5. The monoisotopic (exact) mass is 508 g/mol. The molecule has 0 radical (unpaired) electrons. The highest BCUT2D eigenvalue weighted by Gasteiger charge is 2.28. The summed E-state index contributed by atoms with van der Waals surface area (Å²) in [4.78, 5) is 30.0. The van der Waals surface area contributed by atoms with Crippen molar-refractivity contribution in [2.45, 2.75) is 4.90 Å². The number of nitro benzene ring substituents is 1. The average molecular weight is 509 g/mol. The molecule has 12 heteroatoms. The van der Waals surface area contributed by atoms with E-state index in [1.807, 2.05) is 9.80 Å². The number of nitro groups is 1. The molecule has 0 aromatic heterocycles. The summed E-state index contributed by atoms with van der Waals surface area (Å²) in [5, 5.41) is 11.3. The van der Waals surface area contributed by atoms with E-state index in [0.717, 1.165) is 6.26 Å². The molecule has 4 rings (SSSR count). The summed E-state index contributed by atoms with van der Waals surface area (Å²) in [5.74, 6) is -0.242. The largest absolute Gasteiger partial charge is 0.378 e. The van der Waals surface area contributed by atoms with E-state index in [2.05, 4.69) is 0 Å². The molecule has 10 nitrogen and oxygen atoms in total. The SMILES string of the molecule is CS(=O)(=O)c1ccc(N2CCOCC2)c(C(=O)N2CCN(c3ccc(Cl)c([N+](=O)[O-])c3)CC2)c1. The molecule has 2 aliphatic heterocycles. The third-order valence-electron chi connectivity index (χ3n) is 6.04. The van der Waals surface area contributed by atoms with Crippen LogP contribution in [0.15, 0.2) is 41.3 Å². The first-order valence-corrected chi connectivity index (χ1v) is 13.1. The first kappa shape index (κ1) is 24.2. The molecular formula is C22H25ClN4O6S. The Morgan fingerprint density at radius 2 is 1.68 bits per heavy atom. The summed E-state index contributed by atoms with van der Waals surface area (Å²) >= 11 is 5.92. The minimum Gasteiger partial charge on any atom is -0.378 e. The zero-order valence-electron chi connectivity index (χ0n) is 18.6. The molecule has 2 aromatic rings. The summed E-state index contributed by atoms with van der Waals surface area (Å²) in [6, 6.07) is 9.33. The van der Waals surface area contributed by atoms with E-state index in [0.29, 0.717) is 69.4 Å². The molecule has 1 amide bonds. The van der Waals surface area contributed by atoms with Crippen LogP contribution in [-0.4, -0.2) is 82.9 Å². The second-order valence-electron chi connectivity index (χ2n) is 8.22. The van der Waals surface area contributed by atoms with Crippen molar-refractivity contribution < 1.29 is 22.9 Å². The van der Waals surface area contributed by atoms with Gasteiger partial charge in [0.15, 0.2) is 9.84 Å². The first-order valence-electron chi connectivity index (χ1n) is 10.8. The van der Waals surface area contributed by atoms with Gasteiger partial charge in [-0.25, -0.2) is 8.42 Å². The fourth-order valence-electron chi connectivity index (χ4n) is 4.17. The predicted octanol–water partition coefficient (Wildman–Crippen LogP) is 2.45. The van der Waals surface area contributed by atoms with Crippen LogP contribution in [0.1, 0.15) is 10.4 Å². The number of benzene rings is 2. The van der Waals surface area contributed by atoms with Crippen LogP contribution in [0.4, 0.5) is 17.1 Å². The maximum Gasteiger partial charge on any atom is 0.289 e. The van der Waals surface area contributed by atoms with Crippen molar-refractivity contribution in [3.63, 3.8) is 0 Å². The van der Waals surface area contributed by atoms with Gasteiger partial charge in [0, 0.05) is 63.0 Å². The van der Waals surface area contributed by atoms with E-state index < -0.39 is 14.8 Å². The molecule has 0 atom stereocenters. The fraction of sp³-hybridized carbons (Fsp3) is 0.409. The van der Waals surface area contributed by atoms with Gasteiger partial charge in [0.25, 0.3) is 11.6 Å². The Kier molecular flexibility index (Phi) is 6.96. The highest BCUT2D eigenvalue weighted by molar-refractivity contribution is 7.90. The molecule has 0 aliphatic carbocycles. The Morgan fingerprint density at radius 1 is 1.00 bits per heavy atom. The third kappa shape index (κ3) is 5.11. The molecule has 2 aliphatic rings. The van der Waals surface area contributed by atoms with Crippen molar-refractivity contribution in [3.05, 3.63) is 57.1 Å². The number of carbonyl (C=O) groups excluding carboxylic acids is 1. The lowest BCUT2D eigenvalue weighted by molar-refractivity contribution is -0.384. The van der Waals surface area contributed by atoms with Crippen LogP contribution in [0.2, 0.25) is 5.02 Å². The van der Waals surface area contributed by atoms with E-state index in [-0.39, 0.29) is 21.5 Å². The van der Waals surface area contributed by atoms with Crippen molar-refractivity contribution >= 4 is 44.4 Å². The van der Waals surface area contributed by atoms with E-state index in [9.17, 15) is 23.3 Å². The summed E-state index contributed by atoms with van der Waals surface area (Å²) in [6.07, 6.45) is 1.12. The molecule has 2 saturated heterocycles. The minimum atomic E-state index is -3.48. The molecular weight excluding hydrogens is 484 g/mol. The van der Waals surface area contributed by atoms with Crippen molar-refractivity contribution in [3.8, 4) is 0 Å². The lowest BCUT2D eigenvalue weighted by Gasteiger charge is -2.37. The second-order valence-corrected chi connectivity index (χ2v) is 10.6. The molecule has 2 heterocycles. The van der Waals surface area contributed by atoms with Gasteiger partial charge in [-0.3, -0.25) is 14.9 Å². The standard InChI is InChI=1S/C22H25ClN4O6S/c1-34(31,32)17-3-5-20(25-10-12-33-13-11-25)18(15-17)22(28)26-8-6-24(7-9-26)16-2-4-19(23)21(14-16)27(29)30/h2-5,14-15H,6-13H2,1H3. The van der Waals surface area contributed by atoms with E-state index in [1.54, 1.807) is 17.0 Å². The summed E-state index contributed by atoms with van der Waals surface area (Å²) in [5.41, 5.74) is 1.54. The van der Waals surface area contributed by atoms with Crippen LogP contribution in [-0.2, 0) is 14.6 Å². The zero-order valence-corrected chi connectivity index (χ0v) is 20.2. The number of ether oxygens (including phenoxy) is 1. The molecule has 0 N–H and O–H groups in total. The predicted molar refractivity (Wildman–Crippen MR) is 129 cm³/mol. The third-order valence-corrected chi connectivity index (χ3v) is 7.47.